The first-order chi connectivity index (χ1) is 18.8. The monoisotopic (exact) mass is 547 g/mol. The molecule has 1 fully saturated rings. The standard InChI is InChI=1S/C30H42N8O2/c1-8-31-25(40)20-10-9-19(2)24(13-20)33-26-34-27(38-28(35-26)36(7)18-30(38,5)6)32-21-11-12-37(17-21)22-14-23(39)16-29(3,4)15-22/h9-10,13-14,21H,8,11-12,15-18H2,1-7H3,(H2,31,32,33,34,40)/p+1/t21-/m1/s1. The van der Waals surface area contributed by atoms with E-state index in [1.165, 1.54) is 0 Å². The third-order valence-electron chi connectivity index (χ3n) is 8.05. The summed E-state index contributed by atoms with van der Waals surface area (Å²) in [5, 5.41) is 9.98. The fourth-order valence-electron chi connectivity index (χ4n) is 6.22. The zero-order valence-corrected chi connectivity index (χ0v) is 24.9. The molecule has 0 unspecified atom stereocenters. The maximum atomic E-state index is 12.5. The largest absolute Gasteiger partial charge is 0.372 e. The molecule has 0 radical (unpaired) electrons. The van der Waals surface area contributed by atoms with Crippen molar-refractivity contribution < 1.29 is 14.2 Å². The minimum atomic E-state index is -0.195. The highest BCUT2D eigenvalue weighted by Crippen LogP contribution is 2.36. The molecule has 40 heavy (non-hydrogen) atoms. The number of likely N-dealkylation sites (tertiary alicyclic amines) is 1. The number of nitrogens with zero attached hydrogens (tertiary/aromatic N) is 5. The van der Waals surface area contributed by atoms with E-state index in [0.29, 0.717) is 24.5 Å². The average molecular weight is 548 g/mol. The Morgan fingerprint density at radius 3 is 2.67 bits per heavy atom. The number of likely N-dealkylation sites (N-methyl/N-ethyl adjacent to an activating group) is 1. The van der Waals surface area contributed by atoms with Crippen molar-refractivity contribution in [3.8, 4) is 0 Å². The molecule has 5 rings (SSSR count). The fourth-order valence-corrected chi connectivity index (χ4v) is 6.22. The number of hydrogen-bond acceptors (Lipinski definition) is 8. The van der Waals surface area contributed by atoms with E-state index < -0.39 is 0 Å². The van der Waals surface area contributed by atoms with Crippen molar-refractivity contribution >= 4 is 35.2 Å². The maximum absolute atomic E-state index is 12.5. The number of benzene rings is 1. The molecule has 3 heterocycles. The molecule has 1 atom stereocenters. The van der Waals surface area contributed by atoms with Crippen LogP contribution in [0.4, 0.5) is 23.5 Å². The van der Waals surface area contributed by atoms with Crippen LogP contribution in [-0.4, -0.2) is 65.8 Å². The third kappa shape index (κ3) is 5.62. The predicted octanol–water partition coefficient (Wildman–Crippen LogP) is 3.51. The molecule has 1 aromatic carbocycles. The van der Waals surface area contributed by atoms with Crippen molar-refractivity contribution in [3.05, 3.63) is 41.1 Å². The van der Waals surface area contributed by atoms with Gasteiger partial charge in [-0.25, -0.2) is 4.57 Å². The van der Waals surface area contributed by atoms with Crippen LogP contribution in [0.1, 0.15) is 69.8 Å². The lowest BCUT2D eigenvalue weighted by Gasteiger charge is -2.33. The number of allylic oxidation sites excluding steroid dienone is 2. The van der Waals surface area contributed by atoms with E-state index in [2.05, 4.69) is 58.0 Å². The summed E-state index contributed by atoms with van der Waals surface area (Å²) in [5.41, 5.74) is 3.33. The summed E-state index contributed by atoms with van der Waals surface area (Å²) in [5.74, 6) is 2.19. The maximum Gasteiger partial charge on any atom is 0.328 e. The topological polar surface area (TPSA) is 106 Å². The Morgan fingerprint density at radius 2 is 1.95 bits per heavy atom. The normalized spacial score (nSPS) is 21.2. The lowest BCUT2D eigenvalue weighted by Crippen LogP contribution is -2.53. The lowest BCUT2D eigenvalue weighted by atomic mass is 9.78. The van der Waals surface area contributed by atoms with Crippen LogP contribution in [-0.2, 0) is 10.3 Å². The zero-order chi connectivity index (χ0) is 28.8. The zero-order valence-electron chi connectivity index (χ0n) is 24.9. The molecule has 10 nitrogen and oxygen atoms in total. The van der Waals surface area contributed by atoms with Gasteiger partial charge < -0.3 is 20.9 Å². The van der Waals surface area contributed by atoms with E-state index in [1.807, 2.05) is 45.2 Å². The van der Waals surface area contributed by atoms with Gasteiger partial charge >= 0.3 is 17.8 Å². The van der Waals surface area contributed by atoms with Gasteiger partial charge in [-0.1, -0.05) is 29.9 Å². The second kappa shape index (κ2) is 10.4. The van der Waals surface area contributed by atoms with Gasteiger partial charge in [0.1, 0.15) is 0 Å². The van der Waals surface area contributed by atoms with Crippen LogP contribution in [0.2, 0.25) is 0 Å². The summed E-state index contributed by atoms with van der Waals surface area (Å²) in [6.07, 6.45) is 4.34. The molecule has 10 heteroatoms. The van der Waals surface area contributed by atoms with Gasteiger partial charge in [-0.05, 0) is 63.6 Å². The van der Waals surface area contributed by atoms with Gasteiger partial charge in [0.05, 0.1) is 18.1 Å². The number of anilines is 4. The number of rotatable bonds is 7. The summed E-state index contributed by atoms with van der Waals surface area (Å²) < 4.78 is 2.19. The molecular weight excluding hydrogens is 504 g/mol. The molecule has 1 amide bonds. The summed E-state index contributed by atoms with van der Waals surface area (Å²) in [6, 6.07) is 5.80. The van der Waals surface area contributed by atoms with E-state index >= 15 is 0 Å². The van der Waals surface area contributed by atoms with Gasteiger partial charge in [-0.2, -0.15) is 0 Å². The van der Waals surface area contributed by atoms with E-state index in [9.17, 15) is 9.59 Å². The highest BCUT2D eigenvalue weighted by atomic mass is 16.1. The summed E-state index contributed by atoms with van der Waals surface area (Å²) >= 11 is 0. The molecule has 3 aliphatic rings. The fraction of sp³-hybridized carbons (Fsp3) is 0.567. The van der Waals surface area contributed by atoms with Gasteiger partial charge in [0.25, 0.3) is 5.91 Å². The van der Waals surface area contributed by atoms with Crippen LogP contribution in [0.25, 0.3) is 0 Å². The molecule has 0 bridgehead atoms. The van der Waals surface area contributed by atoms with Crippen molar-refractivity contribution in [1.29, 1.82) is 0 Å². The Bertz CT molecular complexity index is 1370. The molecule has 0 saturated carbocycles. The van der Waals surface area contributed by atoms with E-state index in [-0.39, 0.29) is 28.7 Å². The van der Waals surface area contributed by atoms with Crippen molar-refractivity contribution in [2.24, 2.45) is 5.41 Å². The first-order valence-electron chi connectivity index (χ1n) is 14.3. The van der Waals surface area contributed by atoms with E-state index in [1.54, 1.807) is 0 Å². The van der Waals surface area contributed by atoms with Gasteiger partial charge in [0.15, 0.2) is 5.78 Å². The van der Waals surface area contributed by atoms with Crippen LogP contribution in [0.15, 0.2) is 30.0 Å². The van der Waals surface area contributed by atoms with E-state index in [4.69, 9.17) is 9.97 Å². The van der Waals surface area contributed by atoms with Crippen LogP contribution in [0, 0.1) is 12.3 Å². The molecule has 1 saturated heterocycles. The SMILES string of the molecule is CCNC(=O)c1ccc(C)c(Nc2nc(N[C@@H]3CCN(C4=CC(=O)CC(C)(C)C4)C3)[n+]3c(n2)N(C)CC3(C)C)c1. The lowest BCUT2D eigenvalue weighted by molar-refractivity contribution is -0.723. The molecule has 1 aromatic heterocycles. The van der Waals surface area contributed by atoms with Crippen molar-refractivity contribution in [1.82, 2.24) is 20.2 Å². The van der Waals surface area contributed by atoms with Gasteiger partial charge in [0.2, 0.25) is 0 Å². The average Bonchev–Trinajstić information content (AvgIpc) is 3.41. The number of aryl methyl sites for hydroxylation is 1. The quantitative estimate of drug-likeness (QED) is 0.453. The van der Waals surface area contributed by atoms with Crippen molar-refractivity contribution in [2.45, 2.75) is 72.4 Å². The van der Waals surface area contributed by atoms with Crippen LogP contribution in [0.5, 0.6) is 0 Å². The number of nitrogens with one attached hydrogen (secondary N) is 3. The summed E-state index contributed by atoms with van der Waals surface area (Å²) in [6.45, 7) is 15.8. The number of amides is 1. The van der Waals surface area contributed by atoms with Gasteiger partial charge in [0, 0.05) is 56.1 Å². The molecule has 1 aliphatic carbocycles. The highest BCUT2D eigenvalue weighted by Gasteiger charge is 2.43. The second-order valence-electron chi connectivity index (χ2n) is 12.9. The molecule has 2 aliphatic heterocycles. The highest BCUT2D eigenvalue weighted by molar-refractivity contribution is 5.95. The minimum Gasteiger partial charge on any atom is -0.372 e. The Balaban J connectivity index is 1.42. The molecular formula is C30H43N8O2+. The molecule has 3 N–H and O–H groups in total. The first-order valence-corrected chi connectivity index (χ1v) is 14.3. The number of carbonyl (C=O) groups excluding carboxylic acids is 2. The van der Waals surface area contributed by atoms with Gasteiger partial charge in [-0.3, -0.25) is 14.5 Å². The Kier molecular flexibility index (Phi) is 7.22. The number of aromatic nitrogens is 3. The predicted molar refractivity (Wildman–Crippen MR) is 157 cm³/mol. The number of ketones is 1. The molecule has 214 valence electrons. The van der Waals surface area contributed by atoms with Crippen molar-refractivity contribution in [3.63, 3.8) is 0 Å². The minimum absolute atomic E-state index is 0.00214. The van der Waals surface area contributed by atoms with Crippen molar-refractivity contribution in [2.75, 3.05) is 48.8 Å². The molecule has 0 spiro atoms. The Hall–Kier alpha value is -3.69. The number of carbonyl (C=O) groups is 2. The van der Waals surface area contributed by atoms with E-state index in [0.717, 1.165) is 61.3 Å². The number of hydrogen-bond donors (Lipinski definition) is 3. The summed E-state index contributed by atoms with van der Waals surface area (Å²) in [4.78, 5) is 39.2. The first kappa shape index (κ1) is 27.9. The van der Waals surface area contributed by atoms with Crippen LogP contribution in [0.3, 0.4) is 0 Å². The Labute approximate surface area is 237 Å². The summed E-state index contributed by atoms with van der Waals surface area (Å²) in [7, 11) is 2.05. The smallest absolute Gasteiger partial charge is 0.328 e. The van der Waals surface area contributed by atoms with Crippen LogP contribution >= 0.6 is 0 Å². The van der Waals surface area contributed by atoms with Gasteiger partial charge in [-0.15, -0.1) is 0 Å². The Morgan fingerprint density at radius 1 is 1.18 bits per heavy atom. The number of fused-ring (bicyclic) bond motifs is 1. The van der Waals surface area contributed by atoms with Crippen LogP contribution < -0.4 is 25.4 Å². The second-order valence-corrected chi connectivity index (χ2v) is 12.9. The third-order valence-corrected chi connectivity index (χ3v) is 8.05. The molecule has 2 aromatic rings.